The zero-order valence-electron chi connectivity index (χ0n) is 15.6. The molecule has 1 aliphatic heterocycles. The Kier molecular flexibility index (Phi) is 5.49. The minimum absolute atomic E-state index is 0.0282. The van der Waals surface area contributed by atoms with Gasteiger partial charge in [-0.3, -0.25) is 20.2 Å². The summed E-state index contributed by atoms with van der Waals surface area (Å²) >= 11 is 6.02. The third-order valence-electron chi connectivity index (χ3n) is 5.02. The maximum absolute atomic E-state index is 13.0. The van der Waals surface area contributed by atoms with Crippen molar-refractivity contribution in [3.63, 3.8) is 0 Å². The highest BCUT2D eigenvalue weighted by Crippen LogP contribution is 2.36. The standard InChI is InChI=1S/C18H19ClN4O6/c1-8-9(2)23(29)17(22(8)5-6-24)13(10-3-4-12(25)11(19)7-10)14-15(26)20-18(28)21-16(14)27/h3-4,7,13-14,24-25H,5-6H2,1-2H3,(H2,20,21,26,27,28). The third-order valence-corrected chi connectivity index (χ3v) is 5.32. The fourth-order valence-corrected chi connectivity index (χ4v) is 3.70. The molecule has 1 aromatic heterocycles. The van der Waals surface area contributed by atoms with Crippen molar-refractivity contribution in [2.45, 2.75) is 26.3 Å². The van der Waals surface area contributed by atoms with Crippen molar-refractivity contribution in [3.8, 4) is 5.75 Å². The van der Waals surface area contributed by atoms with Crippen LogP contribution in [0.15, 0.2) is 18.2 Å². The van der Waals surface area contributed by atoms with Crippen LogP contribution in [-0.4, -0.2) is 39.2 Å². The van der Waals surface area contributed by atoms with E-state index >= 15 is 0 Å². The van der Waals surface area contributed by atoms with E-state index in [-0.39, 0.29) is 29.7 Å². The van der Waals surface area contributed by atoms with Gasteiger partial charge in [0.2, 0.25) is 11.8 Å². The highest BCUT2D eigenvalue weighted by Gasteiger charge is 2.47. The minimum Gasteiger partial charge on any atom is -0.711 e. The molecule has 0 radical (unpaired) electrons. The highest BCUT2D eigenvalue weighted by molar-refractivity contribution is 6.32. The molecule has 1 aromatic carbocycles. The monoisotopic (exact) mass is 422 g/mol. The summed E-state index contributed by atoms with van der Waals surface area (Å²) in [6.45, 7) is 3.01. The number of imide groups is 2. The number of imidazole rings is 1. The number of halogens is 1. The van der Waals surface area contributed by atoms with Crippen LogP contribution in [-0.2, 0) is 16.1 Å². The third kappa shape index (κ3) is 3.52. The smallest absolute Gasteiger partial charge is 0.328 e. The van der Waals surface area contributed by atoms with E-state index in [0.29, 0.717) is 21.7 Å². The number of nitrogens with zero attached hydrogens (tertiary/aromatic N) is 2. The van der Waals surface area contributed by atoms with Crippen LogP contribution in [0.5, 0.6) is 5.75 Å². The molecule has 0 saturated carbocycles. The van der Waals surface area contributed by atoms with Crippen molar-refractivity contribution in [1.29, 1.82) is 0 Å². The number of phenolic OH excluding ortho intramolecular Hbond substituents is 1. The first-order chi connectivity index (χ1) is 13.7. The second kappa shape index (κ2) is 7.72. The molecule has 3 rings (SSSR count). The number of aliphatic hydroxyl groups is 1. The van der Waals surface area contributed by atoms with E-state index in [0.717, 1.165) is 0 Å². The van der Waals surface area contributed by atoms with Crippen LogP contribution in [0.4, 0.5) is 4.79 Å². The number of hydrogen-bond acceptors (Lipinski definition) is 6. The Hall–Kier alpha value is -3.11. The first kappa shape index (κ1) is 20.6. The fraction of sp³-hybridized carbons (Fsp3) is 0.333. The number of phenols is 1. The molecule has 1 aliphatic rings. The Morgan fingerprint density at radius 2 is 1.86 bits per heavy atom. The molecule has 0 aliphatic carbocycles. The zero-order chi connectivity index (χ0) is 21.5. The maximum atomic E-state index is 13.0. The van der Waals surface area contributed by atoms with E-state index in [9.17, 15) is 29.8 Å². The van der Waals surface area contributed by atoms with E-state index < -0.39 is 29.7 Å². The fourth-order valence-electron chi connectivity index (χ4n) is 3.51. The molecule has 2 heterocycles. The van der Waals surface area contributed by atoms with Gasteiger partial charge < -0.3 is 15.4 Å². The molecule has 4 amide bonds. The van der Waals surface area contributed by atoms with Crippen molar-refractivity contribution in [1.82, 2.24) is 15.2 Å². The molecule has 4 N–H and O–H groups in total. The van der Waals surface area contributed by atoms with Crippen LogP contribution >= 0.6 is 11.6 Å². The number of amides is 4. The van der Waals surface area contributed by atoms with Gasteiger partial charge in [0, 0.05) is 13.8 Å². The molecule has 29 heavy (non-hydrogen) atoms. The summed E-state index contributed by atoms with van der Waals surface area (Å²) in [5.74, 6) is -4.53. The summed E-state index contributed by atoms with van der Waals surface area (Å²) in [6, 6.07) is 3.11. The molecule has 1 saturated heterocycles. The Balaban J connectivity index is 2.29. The summed E-state index contributed by atoms with van der Waals surface area (Å²) < 4.78 is 2.11. The van der Waals surface area contributed by atoms with Crippen molar-refractivity contribution in [2.75, 3.05) is 6.61 Å². The van der Waals surface area contributed by atoms with E-state index in [4.69, 9.17) is 11.6 Å². The van der Waals surface area contributed by atoms with Gasteiger partial charge in [-0.1, -0.05) is 17.7 Å². The number of barbiturate groups is 1. The summed E-state index contributed by atoms with van der Waals surface area (Å²) in [4.78, 5) is 36.7. The van der Waals surface area contributed by atoms with Gasteiger partial charge in [-0.05, 0) is 17.7 Å². The number of aliphatic hydroxyl groups excluding tert-OH is 1. The Bertz CT molecular complexity index is 998. The number of nitrogens with one attached hydrogen (secondary N) is 2. The molecule has 10 nitrogen and oxygen atoms in total. The lowest BCUT2D eigenvalue weighted by Gasteiger charge is -2.28. The van der Waals surface area contributed by atoms with E-state index in [2.05, 4.69) is 0 Å². The van der Waals surface area contributed by atoms with E-state index in [1.807, 2.05) is 10.6 Å². The SMILES string of the molecule is Cc1c(C)[n+]([O-])c(C(c2ccc(O)c(Cl)c2)C2C(=O)NC(=O)NC2=O)n1CCO. The molecular weight excluding hydrogens is 404 g/mol. The summed E-state index contributed by atoms with van der Waals surface area (Å²) in [5.41, 5.74) is 1.18. The van der Waals surface area contributed by atoms with Crippen LogP contribution in [0.2, 0.25) is 5.02 Å². The number of urea groups is 1. The predicted molar refractivity (Wildman–Crippen MR) is 100 cm³/mol. The Morgan fingerprint density at radius 3 is 2.41 bits per heavy atom. The predicted octanol–water partition coefficient (Wildman–Crippen LogP) is 0.204. The molecule has 2 aromatic rings. The zero-order valence-corrected chi connectivity index (χ0v) is 16.4. The van der Waals surface area contributed by atoms with Crippen LogP contribution in [0.25, 0.3) is 0 Å². The maximum Gasteiger partial charge on any atom is 0.328 e. The van der Waals surface area contributed by atoms with E-state index in [1.54, 1.807) is 13.8 Å². The van der Waals surface area contributed by atoms with Gasteiger partial charge in [-0.15, -0.1) is 0 Å². The second-order valence-corrected chi connectivity index (χ2v) is 7.08. The van der Waals surface area contributed by atoms with Gasteiger partial charge >= 0.3 is 6.03 Å². The molecule has 1 fully saturated rings. The van der Waals surface area contributed by atoms with Crippen molar-refractivity contribution in [3.05, 3.63) is 51.2 Å². The lowest BCUT2D eigenvalue weighted by atomic mass is 9.83. The van der Waals surface area contributed by atoms with Gasteiger partial charge in [0.05, 0.1) is 11.6 Å². The van der Waals surface area contributed by atoms with Crippen LogP contribution in [0, 0.1) is 25.0 Å². The summed E-state index contributed by atoms with van der Waals surface area (Å²) in [6.07, 6.45) is 0. The quantitative estimate of drug-likeness (QED) is 0.307. The van der Waals surface area contributed by atoms with Gasteiger partial charge in [-0.25, -0.2) is 14.1 Å². The van der Waals surface area contributed by atoms with Gasteiger partial charge in [0.25, 0.3) is 5.82 Å². The van der Waals surface area contributed by atoms with Crippen LogP contribution in [0.3, 0.4) is 0 Å². The van der Waals surface area contributed by atoms with Crippen molar-refractivity contribution in [2.24, 2.45) is 5.92 Å². The number of benzene rings is 1. The highest BCUT2D eigenvalue weighted by atomic mass is 35.5. The van der Waals surface area contributed by atoms with Crippen LogP contribution in [0.1, 0.15) is 28.7 Å². The van der Waals surface area contributed by atoms with Crippen LogP contribution < -0.4 is 15.4 Å². The topological polar surface area (TPSA) is 148 Å². The molecule has 1 unspecified atom stereocenters. The Morgan fingerprint density at radius 1 is 1.24 bits per heavy atom. The molecule has 11 heteroatoms. The van der Waals surface area contributed by atoms with Crippen molar-refractivity contribution >= 4 is 29.4 Å². The lowest BCUT2D eigenvalue weighted by molar-refractivity contribution is -0.621. The lowest BCUT2D eigenvalue weighted by Crippen LogP contribution is -2.58. The number of rotatable bonds is 5. The first-order valence-corrected chi connectivity index (χ1v) is 9.09. The van der Waals surface area contributed by atoms with Gasteiger partial charge in [-0.2, -0.15) is 0 Å². The number of aromatic hydroxyl groups is 1. The number of hydrogen-bond donors (Lipinski definition) is 4. The number of carbonyl (C=O) groups is 3. The number of aromatic nitrogens is 2. The normalized spacial score (nSPS) is 15.9. The average Bonchev–Trinajstić information content (AvgIpc) is 2.85. The molecule has 154 valence electrons. The molecule has 0 bridgehead atoms. The van der Waals surface area contributed by atoms with E-state index in [1.165, 1.54) is 22.8 Å². The number of carbonyl (C=O) groups excluding carboxylic acids is 3. The second-order valence-electron chi connectivity index (χ2n) is 6.67. The summed E-state index contributed by atoms with van der Waals surface area (Å²) in [5, 5.41) is 36.2. The van der Waals surface area contributed by atoms with Gasteiger partial charge in [0.15, 0.2) is 0 Å². The van der Waals surface area contributed by atoms with Gasteiger partial charge in [0.1, 0.15) is 35.5 Å². The largest absolute Gasteiger partial charge is 0.711 e. The molecular formula is C18H19ClN4O6. The first-order valence-electron chi connectivity index (χ1n) is 8.71. The molecule has 1 atom stereocenters. The Labute approximate surface area is 170 Å². The minimum atomic E-state index is -1.46. The van der Waals surface area contributed by atoms with Crippen molar-refractivity contribution < 1.29 is 29.3 Å². The molecule has 0 spiro atoms. The average molecular weight is 423 g/mol. The summed E-state index contributed by atoms with van der Waals surface area (Å²) in [7, 11) is 0.